The molecule has 0 unspecified atom stereocenters. The number of rotatable bonds is 29. The molecule has 20 nitrogen and oxygen atoms in total. The molecule has 7 aromatic carbocycles. The second-order valence-corrected chi connectivity index (χ2v) is 36.8. The highest BCUT2D eigenvalue weighted by molar-refractivity contribution is 7.92. The van der Waals surface area contributed by atoms with E-state index in [0.29, 0.717) is 91.8 Å². The summed E-state index contributed by atoms with van der Waals surface area (Å²) in [7, 11) is -5.97. The molecule has 3 aromatic heterocycles. The first-order valence-corrected chi connectivity index (χ1v) is 43.3. The largest absolute Gasteiger partial charge is 0.497 e. The summed E-state index contributed by atoms with van der Waals surface area (Å²) in [6, 6.07) is 70.9. The van der Waals surface area contributed by atoms with E-state index < -0.39 is 30.1 Å². The Morgan fingerprint density at radius 1 is 0.394 bits per heavy atom. The smallest absolute Gasteiger partial charge is 0.252 e. The lowest BCUT2D eigenvalue weighted by Crippen LogP contribution is -2.48. The molecule has 109 heavy (non-hydrogen) atoms. The van der Waals surface area contributed by atoms with Crippen molar-refractivity contribution >= 4 is 87.5 Å². The minimum atomic E-state index is -3.58. The molecule has 3 amide bonds. The standard InChI is InChI=1S/C31H33N3O4S2.C26H31N3O4S2.C26H30N2O4S2/c1-38-28-12-6-10-25(21-28)31(35)32-22-29-13-14-30(39-29)40(36,37)34-17-15-26(16-18-34)33-27-11-5-9-24(20-27)19-23-7-3-2-4-8-23;1-33-23-11-5-10-22(19-23)26(30)27-20-24-12-13-25(34-24)35(31,32)29-17-15-28(16-18-29)14-6-9-21-7-3-2-4-8-21;1-32-23-9-5-8-22(18-23)26(29)27-19-24-12-13-25(33-24)34(30,31)28-16-14-21(15-17-28)11-10-20-6-3-2-4-7-20/h2-14,20-21,26,33H,15-19,22H2,1H3,(H,32,35);2-5,7-8,10-13,19H,6,9,14-18,20H2,1H3,(H,27,30);2-9,12-13,18,21H,10-11,14-17,19H2,1H3,(H,27,29). The number of aryl methyl sites for hydroxylation is 2. The monoisotopic (exact) mass is 1590 g/mol. The highest BCUT2D eigenvalue weighted by Gasteiger charge is 2.34. The fourth-order valence-electron chi connectivity index (χ4n) is 13.1. The van der Waals surface area contributed by atoms with Gasteiger partial charge in [-0.15, -0.1) is 34.0 Å². The van der Waals surface area contributed by atoms with E-state index in [2.05, 4.69) is 123 Å². The van der Waals surface area contributed by atoms with Gasteiger partial charge in [0.05, 0.1) is 41.0 Å². The first-order valence-electron chi connectivity index (χ1n) is 36.5. The summed E-state index contributed by atoms with van der Waals surface area (Å²) >= 11 is 3.62. The SMILES string of the molecule is COc1cccc(C(=O)NCc2ccc(S(=O)(=O)N3CCC(CCc4ccccc4)CC3)s2)c1.COc1cccc(C(=O)NCc2ccc(S(=O)(=O)N3CCC(Nc4cccc(Cc5ccccc5)c4)CC3)s2)c1.COc1cccc(C(=O)NCc2ccc(S(=O)(=O)N3CCN(CCCc4ccccc4)CC3)s2)c1. The van der Waals surface area contributed by atoms with E-state index in [4.69, 9.17) is 14.2 Å². The average molecular weight is 1590 g/mol. The van der Waals surface area contributed by atoms with Crippen molar-refractivity contribution < 1.29 is 53.8 Å². The predicted octanol–water partition coefficient (Wildman–Crippen LogP) is 13.9. The van der Waals surface area contributed by atoms with Crippen molar-refractivity contribution in [2.75, 3.05) is 85.5 Å². The number of nitrogens with zero attached hydrogens (tertiary/aromatic N) is 4. The Hall–Kier alpha value is -9.06. The van der Waals surface area contributed by atoms with E-state index >= 15 is 0 Å². The Bertz CT molecular complexity index is 4940. The number of amides is 3. The van der Waals surface area contributed by atoms with Crippen LogP contribution in [0.1, 0.15) is 106 Å². The first-order chi connectivity index (χ1) is 52.8. The fourth-order valence-corrected chi connectivity index (χ4v) is 21.8. The lowest BCUT2D eigenvalue weighted by molar-refractivity contribution is 0.0943. The summed E-state index contributed by atoms with van der Waals surface area (Å²) in [5.74, 6) is 1.68. The Kier molecular flexibility index (Phi) is 29.4. The van der Waals surface area contributed by atoms with Crippen molar-refractivity contribution in [1.29, 1.82) is 0 Å². The van der Waals surface area contributed by atoms with Crippen molar-refractivity contribution in [3.8, 4) is 17.2 Å². The van der Waals surface area contributed by atoms with Crippen LogP contribution in [0.5, 0.6) is 17.2 Å². The van der Waals surface area contributed by atoms with Gasteiger partial charge in [-0.3, -0.25) is 14.4 Å². The molecule has 3 aliphatic heterocycles. The number of hydrogen-bond donors (Lipinski definition) is 4. The van der Waals surface area contributed by atoms with Crippen molar-refractivity contribution in [3.05, 3.63) is 278 Å². The summed E-state index contributed by atoms with van der Waals surface area (Å²) in [4.78, 5) is 42.1. The van der Waals surface area contributed by atoms with E-state index in [1.807, 2.05) is 18.2 Å². The molecule has 0 bridgehead atoms. The second kappa shape index (κ2) is 39.5. The number of hydrogen-bond acceptors (Lipinski definition) is 17. The highest BCUT2D eigenvalue weighted by atomic mass is 32.3. The van der Waals surface area contributed by atoms with Crippen LogP contribution in [-0.4, -0.2) is 147 Å². The van der Waals surface area contributed by atoms with Gasteiger partial charge in [0.2, 0.25) is 0 Å². The van der Waals surface area contributed by atoms with Gasteiger partial charge in [0, 0.05) is 95.4 Å². The molecular weight excluding hydrogens is 1490 g/mol. The van der Waals surface area contributed by atoms with Crippen LogP contribution in [0.25, 0.3) is 0 Å². The van der Waals surface area contributed by atoms with Crippen molar-refractivity contribution in [3.63, 3.8) is 0 Å². The highest BCUT2D eigenvalue weighted by Crippen LogP contribution is 2.33. The lowest BCUT2D eigenvalue weighted by atomic mass is 9.91. The number of ether oxygens (including phenoxy) is 3. The van der Waals surface area contributed by atoms with Gasteiger partial charge < -0.3 is 40.4 Å². The van der Waals surface area contributed by atoms with Gasteiger partial charge in [-0.05, 0) is 196 Å². The zero-order valence-electron chi connectivity index (χ0n) is 61.5. The number of thiophene rings is 3. The number of piperidine rings is 2. The van der Waals surface area contributed by atoms with Crippen LogP contribution in [0.3, 0.4) is 0 Å². The lowest BCUT2D eigenvalue weighted by Gasteiger charge is -2.33. The number of carbonyl (C=O) groups is 3. The normalized spacial score (nSPS) is 14.9. The van der Waals surface area contributed by atoms with Crippen molar-refractivity contribution in [2.45, 2.75) is 96.1 Å². The van der Waals surface area contributed by atoms with E-state index in [1.54, 1.807) is 143 Å². The van der Waals surface area contributed by atoms with Gasteiger partial charge >= 0.3 is 0 Å². The molecule has 3 aliphatic rings. The molecule has 574 valence electrons. The maximum Gasteiger partial charge on any atom is 0.252 e. The Labute approximate surface area is 653 Å². The second-order valence-electron chi connectivity index (χ2n) is 26.8. The van der Waals surface area contributed by atoms with Crippen molar-refractivity contribution in [1.82, 2.24) is 33.8 Å². The molecule has 4 N–H and O–H groups in total. The molecule has 0 atom stereocenters. The average Bonchev–Trinajstić information content (AvgIpc) is 1.01. The van der Waals surface area contributed by atoms with Gasteiger partial charge in [-0.2, -0.15) is 12.9 Å². The molecule has 0 spiro atoms. The number of piperazine rings is 1. The van der Waals surface area contributed by atoms with Gasteiger partial charge in [0.1, 0.15) is 29.9 Å². The van der Waals surface area contributed by atoms with Crippen LogP contribution in [0.15, 0.2) is 237 Å². The Morgan fingerprint density at radius 3 is 1.19 bits per heavy atom. The maximum atomic E-state index is 13.3. The number of sulfonamides is 3. The van der Waals surface area contributed by atoms with Crippen LogP contribution in [0.4, 0.5) is 5.69 Å². The third-order valence-corrected chi connectivity index (χ3v) is 29.7. The molecule has 0 aliphatic carbocycles. The van der Waals surface area contributed by atoms with Gasteiger partial charge in [0.15, 0.2) is 0 Å². The minimum absolute atomic E-state index is 0.212. The number of methoxy groups -OCH3 is 3. The number of nitrogens with one attached hydrogen (secondary N) is 4. The van der Waals surface area contributed by atoms with Crippen LogP contribution in [-0.2, 0) is 69.0 Å². The summed E-state index contributed by atoms with van der Waals surface area (Å²) in [6.45, 7) is 6.27. The quantitative estimate of drug-likeness (QED) is 0.0341. The molecule has 10 aromatic rings. The van der Waals surface area contributed by atoms with Crippen LogP contribution in [0.2, 0.25) is 0 Å². The third kappa shape index (κ3) is 23.3. The number of carbonyl (C=O) groups excluding carboxylic acids is 3. The molecule has 26 heteroatoms. The zero-order chi connectivity index (χ0) is 76.6. The number of anilines is 1. The predicted molar refractivity (Wildman–Crippen MR) is 433 cm³/mol. The van der Waals surface area contributed by atoms with E-state index in [0.717, 1.165) is 97.7 Å². The summed E-state index contributed by atoms with van der Waals surface area (Å²) in [6.07, 6.45) is 8.34. The molecule has 0 radical (unpaired) electrons. The molecule has 13 rings (SSSR count). The van der Waals surface area contributed by atoms with Gasteiger partial charge in [0.25, 0.3) is 47.8 Å². The first kappa shape index (κ1) is 80.9. The summed E-state index contributed by atoms with van der Waals surface area (Å²) in [5, 5.41) is 12.2. The van der Waals surface area contributed by atoms with E-state index in [1.165, 1.54) is 56.3 Å². The molecule has 6 heterocycles. The van der Waals surface area contributed by atoms with Crippen LogP contribution < -0.4 is 35.5 Å². The zero-order valence-corrected chi connectivity index (χ0v) is 66.4. The van der Waals surface area contributed by atoms with Crippen molar-refractivity contribution in [2.24, 2.45) is 5.92 Å². The van der Waals surface area contributed by atoms with Crippen LogP contribution in [0, 0.1) is 5.92 Å². The molecule has 0 saturated carbocycles. The van der Waals surface area contributed by atoms with E-state index in [-0.39, 0.29) is 43.4 Å². The molecule has 3 saturated heterocycles. The van der Waals surface area contributed by atoms with E-state index in [9.17, 15) is 39.6 Å². The molecular formula is C83H94N8O12S6. The molecule has 3 fully saturated rings. The summed E-state index contributed by atoms with van der Waals surface area (Å²) in [5.41, 5.74) is 7.73. The minimum Gasteiger partial charge on any atom is -0.497 e. The van der Waals surface area contributed by atoms with Gasteiger partial charge in [-0.1, -0.05) is 121 Å². The Morgan fingerprint density at radius 2 is 0.771 bits per heavy atom. The topological polar surface area (TPSA) is 242 Å². The Balaban J connectivity index is 0.000000163. The van der Waals surface area contributed by atoms with Gasteiger partial charge in [-0.25, -0.2) is 25.3 Å². The fraction of sp³-hybridized carbons (Fsp3) is 0.313. The third-order valence-electron chi connectivity index (χ3n) is 19.3. The number of benzene rings is 7. The summed E-state index contributed by atoms with van der Waals surface area (Å²) < 4.78 is 100. The maximum absolute atomic E-state index is 13.3. The van der Waals surface area contributed by atoms with Crippen LogP contribution >= 0.6 is 34.0 Å².